The van der Waals surface area contributed by atoms with E-state index >= 15 is 0 Å². The standard InChI is InChI=1S/C14H27NO2/c1-4-10-15-13(14(16)17-5-2)12-8-6-11(3)7-9-12/h11-13,15H,4-10H2,1-3H3. The van der Waals surface area contributed by atoms with E-state index in [4.69, 9.17) is 4.74 Å². The summed E-state index contributed by atoms with van der Waals surface area (Å²) >= 11 is 0. The van der Waals surface area contributed by atoms with E-state index in [1.807, 2.05) is 6.92 Å². The number of esters is 1. The molecule has 100 valence electrons. The van der Waals surface area contributed by atoms with Gasteiger partial charge in [-0.1, -0.05) is 26.7 Å². The number of carbonyl (C=O) groups is 1. The first-order valence-electron chi connectivity index (χ1n) is 7.09. The summed E-state index contributed by atoms with van der Waals surface area (Å²) in [4.78, 5) is 11.9. The Morgan fingerprint density at radius 3 is 2.47 bits per heavy atom. The fraction of sp³-hybridized carbons (Fsp3) is 0.929. The molecule has 3 nitrogen and oxygen atoms in total. The first kappa shape index (κ1) is 14.5. The SMILES string of the molecule is CCCNC(C(=O)OCC)C1CCC(C)CC1. The molecule has 1 saturated carbocycles. The fourth-order valence-electron chi connectivity index (χ4n) is 2.59. The minimum atomic E-state index is -0.0811. The average Bonchev–Trinajstić information content (AvgIpc) is 2.32. The zero-order valence-electron chi connectivity index (χ0n) is 11.5. The van der Waals surface area contributed by atoms with Crippen LogP contribution in [-0.2, 0) is 9.53 Å². The van der Waals surface area contributed by atoms with E-state index in [-0.39, 0.29) is 12.0 Å². The van der Waals surface area contributed by atoms with Crippen LogP contribution in [0.15, 0.2) is 0 Å². The van der Waals surface area contributed by atoms with Crippen LogP contribution >= 0.6 is 0 Å². The highest BCUT2D eigenvalue weighted by Crippen LogP contribution is 2.30. The first-order valence-corrected chi connectivity index (χ1v) is 7.09. The zero-order valence-corrected chi connectivity index (χ0v) is 11.5. The van der Waals surface area contributed by atoms with E-state index < -0.39 is 0 Å². The maximum atomic E-state index is 11.9. The van der Waals surface area contributed by atoms with Crippen molar-refractivity contribution in [2.24, 2.45) is 11.8 Å². The summed E-state index contributed by atoms with van der Waals surface area (Å²) in [6.07, 6.45) is 5.85. The number of ether oxygens (including phenoxy) is 1. The number of rotatable bonds is 6. The molecule has 0 aromatic heterocycles. The minimum absolute atomic E-state index is 0.0551. The molecular formula is C14H27NO2. The molecule has 0 bridgehead atoms. The second-order valence-electron chi connectivity index (χ2n) is 5.20. The summed E-state index contributed by atoms with van der Waals surface area (Å²) in [5.41, 5.74) is 0. The van der Waals surface area contributed by atoms with Gasteiger partial charge in [0.15, 0.2) is 0 Å². The van der Waals surface area contributed by atoms with E-state index in [2.05, 4.69) is 19.2 Å². The lowest BCUT2D eigenvalue weighted by Gasteiger charge is -2.31. The average molecular weight is 241 g/mol. The van der Waals surface area contributed by atoms with Crippen molar-refractivity contribution in [3.63, 3.8) is 0 Å². The summed E-state index contributed by atoms with van der Waals surface area (Å²) < 4.78 is 5.18. The third-order valence-corrected chi connectivity index (χ3v) is 3.69. The zero-order chi connectivity index (χ0) is 12.7. The predicted molar refractivity (Wildman–Crippen MR) is 69.8 cm³/mol. The number of hydrogen-bond acceptors (Lipinski definition) is 3. The number of nitrogens with one attached hydrogen (secondary N) is 1. The van der Waals surface area contributed by atoms with Crippen molar-refractivity contribution in [1.82, 2.24) is 5.32 Å². The molecule has 0 saturated heterocycles. The summed E-state index contributed by atoms with van der Waals surface area (Å²) in [7, 11) is 0. The van der Waals surface area contributed by atoms with Crippen molar-refractivity contribution >= 4 is 5.97 Å². The molecule has 0 aromatic carbocycles. The van der Waals surface area contributed by atoms with Crippen molar-refractivity contribution in [2.75, 3.05) is 13.2 Å². The van der Waals surface area contributed by atoms with Gasteiger partial charge >= 0.3 is 5.97 Å². The van der Waals surface area contributed by atoms with Crippen LogP contribution in [0.2, 0.25) is 0 Å². The largest absolute Gasteiger partial charge is 0.465 e. The lowest BCUT2D eigenvalue weighted by atomic mass is 9.79. The second kappa shape index (κ2) is 7.70. The lowest BCUT2D eigenvalue weighted by molar-refractivity contribution is -0.147. The first-order chi connectivity index (χ1) is 8.19. The maximum Gasteiger partial charge on any atom is 0.323 e. The molecule has 1 rings (SSSR count). The molecule has 0 amide bonds. The van der Waals surface area contributed by atoms with Gasteiger partial charge in [0.2, 0.25) is 0 Å². The van der Waals surface area contributed by atoms with Crippen LogP contribution in [0.25, 0.3) is 0 Å². The Balaban J connectivity index is 2.52. The molecule has 1 atom stereocenters. The Morgan fingerprint density at radius 2 is 1.94 bits per heavy atom. The molecule has 1 N–H and O–H groups in total. The number of carbonyl (C=O) groups excluding carboxylic acids is 1. The van der Waals surface area contributed by atoms with Crippen LogP contribution in [0, 0.1) is 11.8 Å². The smallest absolute Gasteiger partial charge is 0.323 e. The van der Waals surface area contributed by atoms with Gasteiger partial charge in [-0.15, -0.1) is 0 Å². The van der Waals surface area contributed by atoms with Crippen LogP contribution in [0.3, 0.4) is 0 Å². The quantitative estimate of drug-likeness (QED) is 0.727. The highest BCUT2D eigenvalue weighted by Gasteiger charge is 2.31. The van der Waals surface area contributed by atoms with Crippen molar-refractivity contribution in [2.45, 2.75) is 58.9 Å². The van der Waals surface area contributed by atoms with E-state index in [9.17, 15) is 4.79 Å². The van der Waals surface area contributed by atoms with E-state index in [1.165, 1.54) is 12.8 Å². The Morgan fingerprint density at radius 1 is 1.29 bits per heavy atom. The topological polar surface area (TPSA) is 38.3 Å². The van der Waals surface area contributed by atoms with Crippen LogP contribution in [0.1, 0.15) is 52.9 Å². The fourth-order valence-corrected chi connectivity index (χ4v) is 2.59. The van der Waals surface area contributed by atoms with Gasteiger partial charge in [0.05, 0.1) is 6.61 Å². The van der Waals surface area contributed by atoms with Crippen molar-refractivity contribution in [3.8, 4) is 0 Å². The molecule has 0 aromatic rings. The van der Waals surface area contributed by atoms with Gasteiger partial charge in [-0.2, -0.15) is 0 Å². The van der Waals surface area contributed by atoms with Crippen LogP contribution in [-0.4, -0.2) is 25.2 Å². The maximum absolute atomic E-state index is 11.9. The third-order valence-electron chi connectivity index (χ3n) is 3.69. The Bertz CT molecular complexity index is 222. The third kappa shape index (κ3) is 4.66. The monoisotopic (exact) mass is 241 g/mol. The van der Waals surface area contributed by atoms with Crippen molar-refractivity contribution in [1.29, 1.82) is 0 Å². The molecule has 0 heterocycles. The Kier molecular flexibility index (Phi) is 6.56. The van der Waals surface area contributed by atoms with Gasteiger partial charge in [-0.3, -0.25) is 4.79 Å². The number of hydrogen-bond donors (Lipinski definition) is 1. The molecule has 1 aliphatic carbocycles. The van der Waals surface area contributed by atoms with E-state index in [0.717, 1.165) is 31.7 Å². The van der Waals surface area contributed by atoms with Gasteiger partial charge in [0.1, 0.15) is 6.04 Å². The normalized spacial score (nSPS) is 26.5. The molecule has 1 aliphatic rings. The molecule has 0 spiro atoms. The Hall–Kier alpha value is -0.570. The molecule has 17 heavy (non-hydrogen) atoms. The van der Waals surface area contributed by atoms with E-state index in [0.29, 0.717) is 12.5 Å². The van der Waals surface area contributed by atoms with Crippen molar-refractivity contribution in [3.05, 3.63) is 0 Å². The summed E-state index contributed by atoms with van der Waals surface area (Å²) in [5, 5.41) is 3.36. The second-order valence-corrected chi connectivity index (χ2v) is 5.20. The summed E-state index contributed by atoms with van der Waals surface area (Å²) in [6.45, 7) is 7.67. The van der Waals surface area contributed by atoms with Crippen LogP contribution < -0.4 is 5.32 Å². The van der Waals surface area contributed by atoms with E-state index in [1.54, 1.807) is 0 Å². The van der Waals surface area contributed by atoms with Crippen molar-refractivity contribution < 1.29 is 9.53 Å². The molecule has 0 aliphatic heterocycles. The molecular weight excluding hydrogens is 214 g/mol. The summed E-state index contributed by atoms with van der Waals surface area (Å²) in [5.74, 6) is 1.23. The van der Waals surface area contributed by atoms with Gasteiger partial charge in [0.25, 0.3) is 0 Å². The lowest BCUT2D eigenvalue weighted by Crippen LogP contribution is -2.45. The van der Waals surface area contributed by atoms with Gasteiger partial charge in [0, 0.05) is 0 Å². The molecule has 3 heteroatoms. The minimum Gasteiger partial charge on any atom is -0.465 e. The van der Waals surface area contributed by atoms with Crippen LogP contribution in [0.5, 0.6) is 0 Å². The molecule has 0 radical (unpaired) electrons. The highest BCUT2D eigenvalue weighted by molar-refractivity contribution is 5.76. The Labute approximate surface area is 105 Å². The predicted octanol–water partition coefficient (Wildman–Crippen LogP) is 2.74. The van der Waals surface area contributed by atoms with Crippen LogP contribution in [0.4, 0.5) is 0 Å². The molecule has 1 fully saturated rings. The molecule has 1 unspecified atom stereocenters. The van der Waals surface area contributed by atoms with Gasteiger partial charge in [-0.05, 0) is 44.6 Å². The van der Waals surface area contributed by atoms with Gasteiger partial charge in [-0.25, -0.2) is 0 Å². The highest BCUT2D eigenvalue weighted by atomic mass is 16.5. The van der Waals surface area contributed by atoms with Gasteiger partial charge < -0.3 is 10.1 Å². The summed E-state index contributed by atoms with van der Waals surface area (Å²) in [6, 6.07) is -0.0811.